The highest BCUT2D eigenvalue weighted by molar-refractivity contribution is 6.46. The summed E-state index contributed by atoms with van der Waals surface area (Å²) in [7, 11) is 3.88. The van der Waals surface area contributed by atoms with Gasteiger partial charge in [-0.3, -0.25) is 9.59 Å². The standard InChI is InChI=1S/C26H25N3O3/c1-4-32-22-12-8-11-19(17-22)27-24-23(18-9-6-5-7-10-18)25(30)29(26(24)31)21-15-13-20(14-16-21)28(2)3/h5-17,27H,4H2,1-3H3. The van der Waals surface area contributed by atoms with Gasteiger partial charge in [0.05, 0.1) is 17.9 Å². The van der Waals surface area contributed by atoms with E-state index >= 15 is 0 Å². The summed E-state index contributed by atoms with van der Waals surface area (Å²) in [5.41, 5.74) is 3.45. The second kappa shape index (κ2) is 8.98. The summed E-state index contributed by atoms with van der Waals surface area (Å²) >= 11 is 0. The van der Waals surface area contributed by atoms with Crippen LogP contribution in [0, 0.1) is 0 Å². The number of amides is 2. The van der Waals surface area contributed by atoms with Gasteiger partial charge in [0.2, 0.25) is 0 Å². The third-order valence-electron chi connectivity index (χ3n) is 5.19. The predicted molar refractivity (Wildman–Crippen MR) is 128 cm³/mol. The van der Waals surface area contributed by atoms with Crippen molar-refractivity contribution in [2.75, 3.05) is 35.8 Å². The molecule has 6 nitrogen and oxygen atoms in total. The number of rotatable bonds is 7. The van der Waals surface area contributed by atoms with Gasteiger partial charge in [-0.15, -0.1) is 0 Å². The first-order chi connectivity index (χ1) is 15.5. The number of carbonyl (C=O) groups is 2. The molecular formula is C26H25N3O3. The van der Waals surface area contributed by atoms with Crippen LogP contribution >= 0.6 is 0 Å². The van der Waals surface area contributed by atoms with Crippen molar-refractivity contribution in [2.24, 2.45) is 0 Å². The van der Waals surface area contributed by atoms with Crippen LogP contribution in [0.1, 0.15) is 12.5 Å². The number of anilines is 3. The van der Waals surface area contributed by atoms with Crippen LogP contribution in [0.25, 0.3) is 5.57 Å². The maximum Gasteiger partial charge on any atom is 0.282 e. The molecule has 0 aromatic heterocycles. The van der Waals surface area contributed by atoms with Gasteiger partial charge in [-0.25, -0.2) is 4.90 Å². The molecule has 0 saturated heterocycles. The van der Waals surface area contributed by atoms with Crippen LogP contribution in [0.2, 0.25) is 0 Å². The zero-order chi connectivity index (χ0) is 22.7. The minimum Gasteiger partial charge on any atom is -0.494 e. The van der Waals surface area contributed by atoms with E-state index in [2.05, 4.69) is 5.32 Å². The Bertz CT molecular complexity index is 1170. The lowest BCUT2D eigenvalue weighted by Gasteiger charge is -2.18. The first-order valence-corrected chi connectivity index (χ1v) is 10.5. The van der Waals surface area contributed by atoms with Crippen LogP contribution in [-0.2, 0) is 9.59 Å². The van der Waals surface area contributed by atoms with Crippen molar-refractivity contribution in [3.63, 3.8) is 0 Å². The molecule has 0 saturated carbocycles. The average molecular weight is 428 g/mol. The summed E-state index contributed by atoms with van der Waals surface area (Å²) in [6, 6.07) is 23.9. The summed E-state index contributed by atoms with van der Waals surface area (Å²) in [6.45, 7) is 2.45. The molecule has 0 atom stereocenters. The number of imide groups is 1. The molecule has 0 bridgehead atoms. The van der Waals surface area contributed by atoms with Gasteiger partial charge in [-0.1, -0.05) is 36.4 Å². The Morgan fingerprint density at radius 1 is 0.875 bits per heavy atom. The highest BCUT2D eigenvalue weighted by atomic mass is 16.5. The third-order valence-corrected chi connectivity index (χ3v) is 5.19. The van der Waals surface area contributed by atoms with Gasteiger partial charge in [0.25, 0.3) is 11.8 Å². The van der Waals surface area contributed by atoms with Crippen LogP contribution in [0.4, 0.5) is 17.1 Å². The minimum atomic E-state index is -0.395. The molecule has 2 amide bonds. The maximum absolute atomic E-state index is 13.5. The Morgan fingerprint density at radius 3 is 2.25 bits per heavy atom. The topological polar surface area (TPSA) is 61.9 Å². The Kier molecular flexibility index (Phi) is 5.94. The number of carbonyl (C=O) groups excluding carboxylic acids is 2. The second-order valence-corrected chi connectivity index (χ2v) is 7.56. The quantitative estimate of drug-likeness (QED) is 0.561. The molecule has 0 aliphatic carbocycles. The normalized spacial score (nSPS) is 13.5. The molecule has 1 heterocycles. The van der Waals surface area contributed by atoms with Crippen molar-refractivity contribution < 1.29 is 14.3 Å². The van der Waals surface area contributed by atoms with Crippen LogP contribution in [-0.4, -0.2) is 32.5 Å². The fourth-order valence-electron chi connectivity index (χ4n) is 3.63. The van der Waals surface area contributed by atoms with E-state index in [4.69, 9.17) is 4.74 Å². The van der Waals surface area contributed by atoms with E-state index in [1.165, 1.54) is 4.90 Å². The predicted octanol–water partition coefficient (Wildman–Crippen LogP) is 4.55. The Balaban J connectivity index is 1.75. The first kappa shape index (κ1) is 21.2. The van der Waals surface area contributed by atoms with Crippen LogP contribution in [0.3, 0.4) is 0 Å². The zero-order valence-electron chi connectivity index (χ0n) is 18.3. The van der Waals surface area contributed by atoms with Gasteiger partial charge < -0.3 is 15.0 Å². The minimum absolute atomic E-state index is 0.242. The molecule has 1 N–H and O–H groups in total. The number of nitrogens with zero attached hydrogens (tertiary/aromatic N) is 2. The molecule has 3 aromatic rings. The number of ether oxygens (including phenoxy) is 1. The van der Waals surface area contributed by atoms with Crippen LogP contribution in [0.5, 0.6) is 5.75 Å². The van der Waals surface area contributed by atoms with E-state index < -0.39 is 5.91 Å². The van der Waals surface area contributed by atoms with Gasteiger partial charge in [0.15, 0.2) is 0 Å². The first-order valence-electron chi connectivity index (χ1n) is 10.5. The van der Waals surface area contributed by atoms with Gasteiger partial charge in [-0.2, -0.15) is 0 Å². The summed E-state index contributed by atoms with van der Waals surface area (Å²) in [5, 5.41) is 3.18. The molecule has 1 aliphatic rings. The van der Waals surface area contributed by atoms with E-state index in [0.29, 0.717) is 34.9 Å². The van der Waals surface area contributed by atoms with E-state index in [0.717, 1.165) is 5.69 Å². The smallest absolute Gasteiger partial charge is 0.282 e. The van der Waals surface area contributed by atoms with Gasteiger partial charge in [0, 0.05) is 31.5 Å². The summed E-state index contributed by atoms with van der Waals surface area (Å²) in [6.07, 6.45) is 0. The summed E-state index contributed by atoms with van der Waals surface area (Å²) < 4.78 is 5.57. The Labute approximate surface area is 187 Å². The van der Waals surface area contributed by atoms with E-state index in [1.807, 2.05) is 92.6 Å². The van der Waals surface area contributed by atoms with Crippen molar-refractivity contribution in [1.82, 2.24) is 0 Å². The SMILES string of the molecule is CCOc1cccc(NC2=C(c3ccccc3)C(=O)N(c3ccc(N(C)C)cc3)C2=O)c1. The fourth-order valence-corrected chi connectivity index (χ4v) is 3.63. The molecule has 32 heavy (non-hydrogen) atoms. The molecule has 0 radical (unpaired) electrons. The monoisotopic (exact) mass is 427 g/mol. The number of hydrogen-bond donors (Lipinski definition) is 1. The summed E-state index contributed by atoms with van der Waals surface area (Å²) in [4.78, 5) is 30.1. The highest BCUT2D eigenvalue weighted by Crippen LogP contribution is 2.34. The molecule has 6 heteroatoms. The Morgan fingerprint density at radius 2 is 1.59 bits per heavy atom. The number of nitrogens with one attached hydrogen (secondary N) is 1. The van der Waals surface area contributed by atoms with Crippen molar-refractivity contribution >= 4 is 34.4 Å². The van der Waals surface area contributed by atoms with Crippen molar-refractivity contribution in [2.45, 2.75) is 6.92 Å². The third kappa shape index (κ3) is 4.07. The molecule has 162 valence electrons. The zero-order valence-corrected chi connectivity index (χ0v) is 18.3. The van der Waals surface area contributed by atoms with E-state index in [1.54, 1.807) is 12.1 Å². The molecule has 3 aromatic carbocycles. The van der Waals surface area contributed by atoms with Gasteiger partial charge in [0.1, 0.15) is 11.4 Å². The lowest BCUT2D eigenvalue weighted by atomic mass is 10.0. The highest BCUT2D eigenvalue weighted by Gasteiger charge is 2.40. The molecule has 1 aliphatic heterocycles. The summed E-state index contributed by atoms with van der Waals surface area (Å²) in [5.74, 6) is -0.0669. The van der Waals surface area contributed by atoms with E-state index in [9.17, 15) is 9.59 Å². The second-order valence-electron chi connectivity index (χ2n) is 7.56. The molecule has 0 spiro atoms. The van der Waals surface area contributed by atoms with Crippen LogP contribution in [0.15, 0.2) is 84.6 Å². The average Bonchev–Trinajstić information content (AvgIpc) is 3.04. The lowest BCUT2D eigenvalue weighted by molar-refractivity contribution is -0.120. The number of hydrogen-bond acceptors (Lipinski definition) is 5. The van der Waals surface area contributed by atoms with Crippen molar-refractivity contribution in [1.29, 1.82) is 0 Å². The maximum atomic E-state index is 13.5. The molecular weight excluding hydrogens is 402 g/mol. The fraction of sp³-hybridized carbons (Fsp3) is 0.154. The van der Waals surface area contributed by atoms with Gasteiger partial charge in [-0.05, 0) is 48.9 Å². The van der Waals surface area contributed by atoms with E-state index in [-0.39, 0.29) is 11.6 Å². The Hall–Kier alpha value is -4.06. The van der Waals surface area contributed by atoms with Crippen LogP contribution < -0.4 is 19.9 Å². The molecule has 0 fully saturated rings. The van der Waals surface area contributed by atoms with Crippen molar-refractivity contribution in [3.05, 3.63) is 90.1 Å². The lowest BCUT2D eigenvalue weighted by Crippen LogP contribution is -2.32. The van der Waals surface area contributed by atoms with Crippen molar-refractivity contribution in [3.8, 4) is 5.75 Å². The molecule has 0 unspecified atom stereocenters. The largest absolute Gasteiger partial charge is 0.494 e. The number of benzene rings is 3. The molecule has 4 rings (SSSR count). The van der Waals surface area contributed by atoms with Gasteiger partial charge >= 0.3 is 0 Å².